The summed E-state index contributed by atoms with van der Waals surface area (Å²) in [5.74, 6) is -0.208. The van der Waals surface area contributed by atoms with Crippen molar-refractivity contribution in [2.75, 3.05) is 13.1 Å². The quantitative estimate of drug-likeness (QED) is 0.801. The van der Waals surface area contributed by atoms with Crippen molar-refractivity contribution in [2.24, 2.45) is 0 Å². The maximum atomic E-state index is 13.3. The Morgan fingerprint density at radius 3 is 2.50 bits per heavy atom. The fourth-order valence-corrected chi connectivity index (χ4v) is 3.36. The summed E-state index contributed by atoms with van der Waals surface area (Å²) in [5.41, 5.74) is 5.83. The monoisotopic (exact) mass is 321 g/mol. The molecule has 0 fully saturated rings. The molecule has 24 heavy (non-hydrogen) atoms. The van der Waals surface area contributed by atoms with Crippen molar-refractivity contribution in [2.45, 2.75) is 19.4 Å². The minimum Gasteiger partial charge on any atom is -0.316 e. The highest BCUT2D eigenvalue weighted by Crippen LogP contribution is 2.29. The van der Waals surface area contributed by atoms with E-state index in [0.717, 1.165) is 49.4 Å². The number of nitrogens with one attached hydrogen (secondary N) is 1. The van der Waals surface area contributed by atoms with Crippen molar-refractivity contribution in [3.05, 3.63) is 77.2 Å². The lowest BCUT2D eigenvalue weighted by molar-refractivity contribution is 0.627. The minimum absolute atomic E-state index is 0.208. The highest BCUT2D eigenvalue weighted by atomic mass is 19.1. The fourth-order valence-electron chi connectivity index (χ4n) is 3.36. The maximum Gasteiger partial charge on any atom is 0.123 e. The largest absolute Gasteiger partial charge is 0.316 e. The van der Waals surface area contributed by atoms with Gasteiger partial charge in [-0.05, 0) is 42.8 Å². The van der Waals surface area contributed by atoms with E-state index in [9.17, 15) is 4.39 Å². The highest BCUT2D eigenvalue weighted by molar-refractivity contribution is 5.65. The molecule has 3 nitrogen and oxygen atoms in total. The van der Waals surface area contributed by atoms with E-state index >= 15 is 0 Å². The second-order valence-corrected chi connectivity index (χ2v) is 6.17. The number of hydrogen-bond acceptors (Lipinski definition) is 2. The predicted octanol–water partition coefficient (Wildman–Crippen LogP) is 3.43. The SMILES string of the molecule is Fc1ccc(-c2c3c(nn2Cc2ccccc2)CCNCC3)cc1. The molecular weight excluding hydrogens is 301 g/mol. The van der Waals surface area contributed by atoms with E-state index in [1.165, 1.54) is 23.3 Å². The lowest BCUT2D eigenvalue weighted by Gasteiger charge is -2.10. The van der Waals surface area contributed by atoms with Gasteiger partial charge in [0.25, 0.3) is 0 Å². The van der Waals surface area contributed by atoms with Gasteiger partial charge in [-0.1, -0.05) is 30.3 Å². The van der Waals surface area contributed by atoms with Crippen LogP contribution in [0.2, 0.25) is 0 Å². The van der Waals surface area contributed by atoms with E-state index in [1.54, 1.807) is 0 Å². The van der Waals surface area contributed by atoms with Gasteiger partial charge in [0.1, 0.15) is 5.82 Å². The lowest BCUT2D eigenvalue weighted by atomic mass is 10.0. The second kappa shape index (κ2) is 6.57. The Kier molecular flexibility index (Phi) is 4.13. The van der Waals surface area contributed by atoms with Crippen LogP contribution in [0, 0.1) is 5.82 Å². The van der Waals surface area contributed by atoms with E-state index in [0.29, 0.717) is 0 Å². The number of benzene rings is 2. The molecule has 0 spiro atoms. The Morgan fingerprint density at radius 2 is 1.71 bits per heavy atom. The molecule has 0 radical (unpaired) electrons. The standard InChI is InChI=1S/C20H20FN3/c21-17-8-6-16(7-9-17)20-18-10-12-22-13-11-19(18)23-24(20)14-15-4-2-1-3-5-15/h1-9,22H,10-14H2. The van der Waals surface area contributed by atoms with Gasteiger partial charge in [-0.3, -0.25) is 4.68 Å². The van der Waals surface area contributed by atoms with Gasteiger partial charge in [-0.25, -0.2) is 4.39 Å². The van der Waals surface area contributed by atoms with E-state index in [1.807, 2.05) is 30.3 Å². The van der Waals surface area contributed by atoms with Crippen molar-refractivity contribution in [1.82, 2.24) is 15.1 Å². The first-order valence-electron chi connectivity index (χ1n) is 8.40. The molecule has 2 aromatic carbocycles. The first kappa shape index (κ1) is 15.1. The van der Waals surface area contributed by atoms with Crippen LogP contribution < -0.4 is 5.32 Å². The normalized spacial score (nSPS) is 14.2. The molecule has 0 bridgehead atoms. The van der Waals surface area contributed by atoms with Crippen molar-refractivity contribution < 1.29 is 4.39 Å². The number of aromatic nitrogens is 2. The smallest absolute Gasteiger partial charge is 0.123 e. The number of hydrogen-bond donors (Lipinski definition) is 1. The summed E-state index contributed by atoms with van der Waals surface area (Å²) in [6.07, 6.45) is 1.89. The number of fused-ring (bicyclic) bond motifs is 1. The van der Waals surface area contributed by atoms with Gasteiger partial charge in [0.2, 0.25) is 0 Å². The molecule has 2 heterocycles. The van der Waals surface area contributed by atoms with Crippen molar-refractivity contribution in [3.63, 3.8) is 0 Å². The highest BCUT2D eigenvalue weighted by Gasteiger charge is 2.20. The maximum absolute atomic E-state index is 13.3. The molecule has 0 aliphatic carbocycles. The summed E-state index contributed by atoms with van der Waals surface area (Å²) < 4.78 is 15.4. The Labute approximate surface area is 141 Å². The zero-order chi connectivity index (χ0) is 16.4. The molecule has 1 N–H and O–H groups in total. The summed E-state index contributed by atoms with van der Waals surface area (Å²) in [5, 5.41) is 8.32. The average molecular weight is 321 g/mol. The minimum atomic E-state index is -0.208. The summed E-state index contributed by atoms with van der Waals surface area (Å²) in [4.78, 5) is 0. The summed E-state index contributed by atoms with van der Waals surface area (Å²) in [6.45, 7) is 2.64. The first-order chi connectivity index (χ1) is 11.8. The predicted molar refractivity (Wildman–Crippen MR) is 93.4 cm³/mol. The molecule has 1 aliphatic heterocycles. The number of rotatable bonds is 3. The molecule has 4 heteroatoms. The van der Waals surface area contributed by atoms with Crippen LogP contribution in [0.5, 0.6) is 0 Å². The third-order valence-electron chi connectivity index (χ3n) is 4.52. The van der Waals surface area contributed by atoms with Crippen molar-refractivity contribution >= 4 is 0 Å². The topological polar surface area (TPSA) is 29.9 Å². The van der Waals surface area contributed by atoms with Gasteiger partial charge in [-0.2, -0.15) is 5.10 Å². The van der Waals surface area contributed by atoms with E-state index in [-0.39, 0.29) is 5.82 Å². The van der Waals surface area contributed by atoms with Crippen LogP contribution in [0.4, 0.5) is 4.39 Å². The second-order valence-electron chi connectivity index (χ2n) is 6.17. The summed E-state index contributed by atoms with van der Waals surface area (Å²) >= 11 is 0. The third kappa shape index (κ3) is 2.97. The molecule has 0 unspecified atom stereocenters. The lowest BCUT2D eigenvalue weighted by Crippen LogP contribution is -2.17. The molecule has 0 saturated heterocycles. The summed E-state index contributed by atoms with van der Waals surface area (Å²) in [7, 11) is 0. The van der Waals surface area contributed by atoms with E-state index < -0.39 is 0 Å². The molecular formula is C20H20FN3. The van der Waals surface area contributed by atoms with Gasteiger partial charge in [0.05, 0.1) is 17.9 Å². The molecule has 4 rings (SSSR count). The third-order valence-corrected chi connectivity index (χ3v) is 4.52. The van der Waals surface area contributed by atoms with Crippen LogP contribution in [0.1, 0.15) is 16.8 Å². The van der Waals surface area contributed by atoms with Crippen LogP contribution in [-0.2, 0) is 19.4 Å². The van der Waals surface area contributed by atoms with Gasteiger partial charge in [0.15, 0.2) is 0 Å². The Morgan fingerprint density at radius 1 is 0.958 bits per heavy atom. The van der Waals surface area contributed by atoms with Crippen LogP contribution in [0.15, 0.2) is 54.6 Å². The molecule has 0 amide bonds. The van der Waals surface area contributed by atoms with Crippen molar-refractivity contribution in [1.29, 1.82) is 0 Å². The fraction of sp³-hybridized carbons (Fsp3) is 0.250. The molecule has 3 aromatic rings. The van der Waals surface area contributed by atoms with E-state index in [2.05, 4.69) is 22.1 Å². The molecule has 1 aromatic heterocycles. The Balaban J connectivity index is 1.81. The Bertz CT molecular complexity index is 822. The van der Waals surface area contributed by atoms with Crippen molar-refractivity contribution in [3.8, 4) is 11.3 Å². The number of halogens is 1. The van der Waals surface area contributed by atoms with Crippen LogP contribution in [0.25, 0.3) is 11.3 Å². The average Bonchev–Trinajstić information content (AvgIpc) is 2.78. The molecule has 1 aliphatic rings. The molecule has 0 atom stereocenters. The summed E-state index contributed by atoms with van der Waals surface area (Å²) in [6, 6.07) is 17.1. The first-order valence-corrected chi connectivity index (χ1v) is 8.40. The molecule has 122 valence electrons. The van der Waals surface area contributed by atoms with Gasteiger partial charge >= 0.3 is 0 Å². The zero-order valence-electron chi connectivity index (χ0n) is 13.5. The van der Waals surface area contributed by atoms with Crippen LogP contribution >= 0.6 is 0 Å². The van der Waals surface area contributed by atoms with Crippen LogP contribution in [-0.4, -0.2) is 22.9 Å². The van der Waals surface area contributed by atoms with Crippen LogP contribution in [0.3, 0.4) is 0 Å². The van der Waals surface area contributed by atoms with Gasteiger partial charge in [-0.15, -0.1) is 0 Å². The van der Waals surface area contributed by atoms with E-state index in [4.69, 9.17) is 5.10 Å². The molecule has 0 saturated carbocycles. The van der Waals surface area contributed by atoms with Gasteiger partial charge in [0, 0.05) is 24.1 Å². The van der Waals surface area contributed by atoms with Gasteiger partial charge < -0.3 is 5.32 Å². The zero-order valence-corrected chi connectivity index (χ0v) is 13.5. The Hall–Kier alpha value is -2.46. The number of nitrogens with zero attached hydrogens (tertiary/aromatic N) is 2.